The van der Waals surface area contributed by atoms with Crippen molar-refractivity contribution in [2.45, 2.75) is 9.87 Å². The summed E-state index contributed by atoms with van der Waals surface area (Å²) >= 11 is 6.89. The highest BCUT2D eigenvalue weighted by Gasteiger charge is 2.51. The molecule has 2 unspecified atom stereocenters. The van der Waals surface area contributed by atoms with E-state index in [9.17, 15) is 9.36 Å². The molecule has 1 aliphatic heterocycles. The summed E-state index contributed by atoms with van der Waals surface area (Å²) in [5, 5.41) is 10.5. The predicted molar refractivity (Wildman–Crippen MR) is 56.2 cm³/mol. The van der Waals surface area contributed by atoms with Crippen molar-refractivity contribution in [3.63, 3.8) is 0 Å². The molecule has 6 heteroatoms. The Morgan fingerprint density at radius 1 is 1.69 bits per heavy atom. The molecule has 0 spiro atoms. The standard InChI is InChI=1S/C7H10ClO3PS/c1-12(2,11)5-3-4-13-7(5,8)6(9)10/h3-5H,1-2H3,(H,9,10). The second-order valence-electron chi connectivity index (χ2n) is 3.28. The molecular formula is C7H10ClO3PS. The average Bonchev–Trinajstić information content (AvgIpc) is 2.31. The largest absolute Gasteiger partial charge is 0.479 e. The number of allylic oxidation sites excluding steroid dienone is 1. The van der Waals surface area contributed by atoms with Crippen LogP contribution in [-0.4, -0.2) is 34.3 Å². The lowest BCUT2D eigenvalue weighted by Gasteiger charge is -2.26. The Bertz CT molecular complexity index is 311. The van der Waals surface area contributed by atoms with Gasteiger partial charge in [0, 0.05) is 0 Å². The zero-order valence-corrected chi connectivity index (χ0v) is 9.70. The molecule has 3 nitrogen and oxygen atoms in total. The van der Waals surface area contributed by atoms with Crippen LogP contribution in [0.25, 0.3) is 0 Å². The fourth-order valence-corrected chi connectivity index (χ4v) is 5.35. The molecule has 1 N–H and O–H groups in total. The van der Waals surface area contributed by atoms with Gasteiger partial charge in [0.2, 0.25) is 4.21 Å². The molecule has 0 radical (unpaired) electrons. The van der Waals surface area contributed by atoms with Gasteiger partial charge in [-0.2, -0.15) is 0 Å². The Morgan fingerprint density at radius 3 is 2.54 bits per heavy atom. The average molecular weight is 241 g/mol. The van der Waals surface area contributed by atoms with Gasteiger partial charge in [-0.25, -0.2) is 4.79 Å². The van der Waals surface area contributed by atoms with E-state index in [1.165, 1.54) is 0 Å². The van der Waals surface area contributed by atoms with Crippen molar-refractivity contribution < 1.29 is 14.5 Å². The zero-order chi connectivity index (χ0) is 10.3. The minimum absolute atomic E-state index is 0.579. The lowest BCUT2D eigenvalue weighted by atomic mass is 10.3. The van der Waals surface area contributed by atoms with E-state index in [0.29, 0.717) is 0 Å². The van der Waals surface area contributed by atoms with E-state index in [2.05, 4.69) is 0 Å². The first kappa shape index (κ1) is 11.2. The fraction of sp³-hybridized carbons (Fsp3) is 0.571. The van der Waals surface area contributed by atoms with E-state index in [0.717, 1.165) is 11.8 Å². The molecule has 0 bridgehead atoms. The molecule has 0 amide bonds. The summed E-state index contributed by atoms with van der Waals surface area (Å²) in [6, 6.07) is 0. The molecule has 1 aliphatic rings. The second kappa shape index (κ2) is 3.34. The van der Waals surface area contributed by atoms with Gasteiger partial charge in [0.15, 0.2) is 0 Å². The topological polar surface area (TPSA) is 54.4 Å². The van der Waals surface area contributed by atoms with Gasteiger partial charge in [0.25, 0.3) is 0 Å². The van der Waals surface area contributed by atoms with Gasteiger partial charge in [-0.05, 0) is 18.7 Å². The van der Waals surface area contributed by atoms with Gasteiger partial charge >= 0.3 is 5.97 Å². The number of aliphatic carboxylic acids is 1. The van der Waals surface area contributed by atoms with Crippen molar-refractivity contribution in [1.82, 2.24) is 0 Å². The second-order valence-corrected chi connectivity index (χ2v) is 8.67. The minimum atomic E-state index is -2.51. The highest BCUT2D eigenvalue weighted by atomic mass is 35.5. The van der Waals surface area contributed by atoms with Crippen molar-refractivity contribution >= 4 is 36.5 Å². The summed E-state index contributed by atoms with van der Waals surface area (Å²) in [5.74, 6) is -1.13. The molecule has 1 heterocycles. The summed E-state index contributed by atoms with van der Waals surface area (Å²) in [4.78, 5) is 10.9. The summed E-state index contributed by atoms with van der Waals surface area (Å²) in [7, 11) is -2.51. The molecule has 1 rings (SSSR count). The monoisotopic (exact) mass is 240 g/mol. The SMILES string of the molecule is CP(C)(=O)C1C=CSC1(Cl)C(=O)O. The Labute approximate surface area is 85.9 Å². The summed E-state index contributed by atoms with van der Waals surface area (Å²) < 4.78 is 10.3. The molecule has 0 aromatic carbocycles. The van der Waals surface area contributed by atoms with Crippen molar-refractivity contribution in [3.05, 3.63) is 11.5 Å². The van der Waals surface area contributed by atoms with E-state index in [-0.39, 0.29) is 0 Å². The van der Waals surface area contributed by atoms with Crippen LogP contribution >= 0.6 is 30.5 Å². The molecule has 0 aromatic heterocycles. The van der Waals surface area contributed by atoms with Gasteiger partial charge in [0.1, 0.15) is 0 Å². The highest BCUT2D eigenvalue weighted by molar-refractivity contribution is 8.06. The third-order valence-electron chi connectivity index (χ3n) is 1.84. The van der Waals surface area contributed by atoms with Gasteiger partial charge in [-0.1, -0.05) is 29.4 Å². The Balaban J connectivity index is 3.05. The van der Waals surface area contributed by atoms with Gasteiger partial charge in [-0.15, -0.1) is 0 Å². The Morgan fingerprint density at radius 2 is 2.23 bits per heavy atom. The highest BCUT2D eigenvalue weighted by Crippen LogP contribution is 2.57. The van der Waals surface area contributed by atoms with Gasteiger partial charge < -0.3 is 9.67 Å². The van der Waals surface area contributed by atoms with E-state index in [4.69, 9.17) is 16.7 Å². The van der Waals surface area contributed by atoms with E-state index >= 15 is 0 Å². The van der Waals surface area contributed by atoms with Crippen LogP contribution in [-0.2, 0) is 9.36 Å². The summed E-state index contributed by atoms with van der Waals surface area (Å²) in [5.41, 5.74) is -0.579. The first-order valence-corrected chi connectivity index (χ1v) is 7.53. The summed E-state index contributed by atoms with van der Waals surface area (Å²) in [6.45, 7) is 3.10. The van der Waals surface area contributed by atoms with Crippen molar-refractivity contribution in [1.29, 1.82) is 0 Å². The first-order valence-electron chi connectivity index (χ1n) is 3.60. The molecule has 2 atom stereocenters. The lowest BCUT2D eigenvalue weighted by molar-refractivity contribution is -0.137. The van der Waals surface area contributed by atoms with Crippen LogP contribution in [0.1, 0.15) is 0 Å². The van der Waals surface area contributed by atoms with Crippen LogP contribution in [0, 0.1) is 0 Å². The third kappa shape index (κ3) is 1.95. The van der Waals surface area contributed by atoms with Crippen LogP contribution in [0.3, 0.4) is 0 Å². The maximum Gasteiger partial charge on any atom is 0.336 e. The number of alkyl halides is 1. The molecule has 0 aromatic rings. The van der Waals surface area contributed by atoms with Gasteiger partial charge in [-0.3, -0.25) is 0 Å². The number of halogens is 1. The molecule has 0 fully saturated rings. The maximum absolute atomic E-state index is 11.7. The molecule has 0 saturated heterocycles. The Hall–Kier alpha value is 0.0800. The molecule has 74 valence electrons. The van der Waals surface area contributed by atoms with Crippen molar-refractivity contribution in [2.24, 2.45) is 0 Å². The van der Waals surface area contributed by atoms with Crippen LogP contribution in [0.2, 0.25) is 0 Å². The fourth-order valence-electron chi connectivity index (χ4n) is 1.19. The molecule has 0 aliphatic carbocycles. The van der Waals surface area contributed by atoms with Crippen LogP contribution in [0.4, 0.5) is 0 Å². The molecule has 13 heavy (non-hydrogen) atoms. The minimum Gasteiger partial charge on any atom is -0.479 e. The van der Waals surface area contributed by atoms with E-state index < -0.39 is 23.0 Å². The Kier molecular flexibility index (Phi) is 2.86. The zero-order valence-electron chi connectivity index (χ0n) is 7.23. The molecular weight excluding hydrogens is 231 g/mol. The third-order valence-corrected chi connectivity index (χ3v) is 5.80. The maximum atomic E-state index is 11.7. The van der Waals surface area contributed by atoms with Gasteiger partial charge in [0.05, 0.1) is 12.8 Å². The number of carboxylic acids is 1. The molecule has 0 saturated carbocycles. The number of hydrogen-bond donors (Lipinski definition) is 1. The number of thioether (sulfide) groups is 1. The van der Waals surface area contributed by atoms with E-state index in [1.54, 1.807) is 24.8 Å². The van der Waals surface area contributed by atoms with Crippen molar-refractivity contribution in [2.75, 3.05) is 13.3 Å². The number of carbonyl (C=O) groups is 1. The van der Waals surface area contributed by atoms with Crippen LogP contribution in [0.5, 0.6) is 0 Å². The number of rotatable bonds is 2. The smallest absolute Gasteiger partial charge is 0.336 e. The van der Waals surface area contributed by atoms with E-state index in [1.807, 2.05) is 0 Å². The quantitative estimate of drug-likeness (QED) is 0.594. The number of hydrogen-bond acceptors (Lipinski definition) is 3. The van der Waals surface area contributed by atoms with Crippen LogP contribution in [0.15, 0.2) is 11.5 Å². The normalized spacial score (nSPS) is 33.6. The summed E-state index contributed by atoms with van der Waals surface area (Å²) in [6.07, 6.45) is 1.62. The lowest BCUT2D eigenvalue weighted by Crippen LogP contribution is -2.37. The van der Waals surface area contributed by atoms with Crippen LogP contribution < -0.4 is 0 Å². The predicted octanol–water partition coefficient (Wildman–Crippen LogP) is 2.26. The van der Waals surface area contributed by atoms with Crippen molar-refractivity contribution in [3.8, 4) is 0 Å². The first-order chi connectivity index (χ1) is 5.78. The number of carboxylic acid groups (broad SMARTS) is 1.